The second-order valence-electron chi connectivity index (χ2n) is 7.73. The van der Waals surface area contributed by atoms with Gasteiger partial charge in [0.15, 0.2) is 0 Å². The van der Waals surface area contributed by atoms with Gasteiger partial charge in [-0.25, -0.2) is 4.39 Å². The molecule has 7 heteroatoms. The number of nitrogens with zero attached hydrogens (tertiary/aromatic N) is 2. The normalized spacial score (nSPS) is 19.1. The summed E-state index contributed by atoms with van der Waals surface area (Å²) in [6.07, 6.45) is 3.79. The number of hydrogen-bond donors (Lipinski definition) is 0. The molecule has 0 amide bonds. The predicted molar refractivity (Wildman–Crippen MR) is 104 cm³/mol. The van der Waals surface area contributed by atoms with Crippen molar-refractivity contribution in [2.75, 3.05) is 6.61 Å². The van der Waals surface area contributed by atoms with E-state index in [9.17, 15) is 0 Å². The smallest absolute Gasteiger partial charge is 0.493 e. The number of aryl methyl sites for hydroxylation is 1. The highest BCUT2D eigenvalue weighted by Crippen LogP contribution is 2.40. The molecule has 0 radical (unpaired) electrons. The van der Waals surface area contributed by atoms with E-state index in [-0.39, 0.29) is 0 Å². The second kappa shape index (κ2) is 7.48. The SMILES string of the molecule is Cn1cc(C(CCOc2ccccc2)=C(F)B2OC(C)(C)C(C)(C)O2)cn1. The zero-order chi connectivity index (χ0) is 19.7. The van der Waals surface area contributed by atoms with Gasteiger partial charge in [0, 0.05) is 25.2 Å². The highest BCUT2D eigenvalue weighted by Gasteiger charge is 2.53. The van der Waals surface area contributed by atoms with Gasteiger partial charge in [-0.15, -0.1) is 0 Å². The van der Waals surface area contributed by atoms with E-state index >= 15 is 4.39 Å². The Bertz CT molecular complexity index is 802. The summed E-state index contributed by atoms with van der Waals surface area (Å²) in [6.45, 7) is 7.96. The molecule has 1 saturated heterocycles. The molecule has 1 aromatic heterocycles. The Kier molecular flexibility index (Phi) is 5.44. The first kappa shape index (κ1) is 19.6. The number of para-hydroxylation sites is 1. The van der Waals surface area contributed by atoms with Crippen molar-refractivity contribution in [1.82, 2.24) is 9.78 Å². The quantitative estimate of drug-likeness (QED) is 0.713. The average Bonchev–Trinajstić information content (AvgIpc) is 3.12. The van der Waals surface area contributed by atoms with Gasteiger partial charge >= 0.3 is 7.12 Å². The van der Waals surface area contributed by atoms with E-state index in [1.54, 1.807) is 24.1 Å². The summed E-state index contributed by atoms with van der Waals surface area (Å²) in [5, 5.41) is 4.16. The Morgan fingerprint density at radius 2 is 1.78 bits per heavy atom. The van der Waals surface area contributed by atoms with E-state index in [1.165, 1.54) is 0 Å². The topological polar surface area (TPSA) is 45.5 Å². The lowest BCUT2D eigenvalue weighted by Gasteiger charge is -2.32. The molecule has 2 aromatic rings. The number of ether oxygens (including phenoxy) is 1. The summed E-state index contributed by atoms with van der Waals surface area (Å²) in [4.78, 5) is 0. The Morgan fingerprint density at radius 3 is 2.33 bits per heavy atom. The molecular formula is C20H26BFN2O3. The van der Waals surface area contributed by atoms with Gasteiger partial charge in [0.05, 0.1) is 24.0 Å². The molecule has 0 bridgehead atoms. The van der Waals surface area contributed by atoms with E-state index in [2.05, 4.69) is 5.10 Å². The Labute approximate surface area is 160 Å². The maximum absolute atomic E-state index is 15.4. The van der Waals surface area contributed by atoms with E-state index < -0.39 is 24.0 Å². The number of hydrogen-bond acceptors (Lipinski definition) is 4. The van der Waals surface area contributed by atoms with Gasteiger partial charge in [-0.05, 0) is 45.4 Å². The molecule has 0 atom stereocenters. The fourth-order valence-corrected chi connectivity index (χ4v) is 2.86. The first-order valence-electron chi connectivity index (χ1n) is 9.11. The first-order chi connectivity index (χ1) is 12.7. The lowest BCUT2D eigenvalue weighted by Crippen LogP contribution is -2.41. The summed E-state index contributed by atoms with van der Waals surface area (Å²) in [5.74, 6) is 0.749. The van der Waals surface area contributed by atoms with Crippen molar-refractivity contribution in [3.05, 3.63) is 54.0 Å². The van der Waals surface area contributed by atoms with Crippen molar-refractivity contribution in [3.63, 3.8) is 0 Å². The maximum atomic E-state index is 15.4. The Morgan fingerprint density at radius 1 is 1.15 bits per heavy atom. The molecule has 1 aromatic carbocycles. The molecule has 0 N–H and O–H groups in total. The first-order valence-corrected chi connectivity index (χ1v) is 9.11. The van der Waals surface area contributed by atoms with Gasteiger partial charge in [-0.2, -0.15) is 5.10 Å². The summed E-state index contributed by atoms with van der Waals surface area (Å²) in [5.41, 5.74) is -0.456. The molecule has 1 aliphatic heterocycles. The maximum Gasteiger partial charge on any atom is 0.525 e. The van der Waals surface area contributed by atoms with Crippen molar-refractivity contribution in [2.24, 2.45) is 7.05 Å². The minimum atomic E-state index is -1.04. The highest BCUT2D eigenvalue weighted by atomic mass is 19.1. The van der Waals surface area contributed by atoms with Crippen LogP contribution in [0.5, 0.6) is 5.75 Å². The molecule has 0 spiro atoms. The fraction of sp³-hybridized carbons (Fsp3) is 0.450. The minimum Gasteiger partial charge on any atom is -0.493 e. The van der Waals surface area contributed by atoms with Gasteiger partial charge in [-0.3, -0.25) is 4.68 Å². The fourth-order valence-electron chi connectivity index (χ4n) is 2.86. The second-order valence-corrected chi connectivity index (χ2v) is 7.73. The number of aromatic nitrogens is 2. The summed E-state index contributed by atoms with van der Waals surface area (Å²) < 4.78 is 34.6. The third-order valence-electron chi connectivity index (χ3n) is 5.17. The molecule has 0 saturated carbocycles. The third-order valence-corrected chi connectivity index (χ3v) is 5.17. The average molecular weight is 372 g/mol. The van der Waals surface area contributed by atoms with E-state index in [4.69, 9.17) is 14.0 Å². The molecule has 3 rings (SSSR count). The third kappa shape index (κ3) is 4.25. The standard InChI is InChI=1S/C20H26BFN2O3/c1-19(2)20(3,4)27-21(26-19)18(22)17(15-13-23-24(5)14-15)11-12-25-16-9-7-6-8-10-16/h6-10,13-14H,11-12H2,1-5H3. The zero-order valence-electron chi connectivity index (χ0n) is 16.5. The van der Waals surface area contributed by atoms with Crippen LogP contribution in [0, 0.1) is 0 Å². The van der Waals surface area contributed by atoms with Gasteiger partial charge in [0.2, 0.25) is 0 Å². The van der Waals surface area contributed by atoms with Crippen LogP contribution in [-0.4, -0.2) is 34.7 Å². The molecule has 1 aliphatic rings. The van der Waals surface area contributed by atoms with Gasteiger partial charge < -0.3 is 14.0 Å². The minimum absolute atomic E-state index is 0.334. The number of halogens is 1. The van der Waals surface area contributed by atoms with Crippen LogP contribution in [0.2, 0.25) is 0 Å². The van der Waals surface area contributed by atoms with Crippen molar-refractivity contribution in [1.29, 1.82) is 0 Å². The van der Waals surface area contributed by atoms with Crippen LogP contribution in [0.15, 0.2) is 48.5 Å². The lowest BCUT2D eigenvalue weighted by molar-refractivity contribution is 0.00578. The number of benzene rings is 1. The van der Waals surface area contributed by atoms with Crippen molar-refractivity contribution in [3.8, 4) is 5.75 Å². The van der Waals surface area contributed by atoms with Gasteiger partial charge in [0.1, 0.15) is 11.5 Å². The lowest BCUT2D eigenvalue weighted by atomic mass is 9.82. The van der Waals surface area contributed by atoms with Crippen molar-refractivity contribution in [2.45, 2.75) is 45.3 Å². The van der Waals surface area contributed by atoms with Gasteiger partial charge in [-0.1, -0.05) is 18.2 Å². The summed E-state index contributed by atoms with van der Waals surface area (Å²) in [7, 11) is 0.760. The van der Waals surface area contributed by atoms with Crippen LogP contribution < -0.4 is 4.74 Å². The molecule has 0 unspecified atom stereocenters. The highest BCUT2D eigenvalue weighted by molar-refractivity contribution is 6.55. The molecule has 0 aliphatic carbocycles. The predicted octanol–water partition coefficient (Wildman–Crippen LogP) is 4.20. The molecule has 1 fully saturated rings. The Balaban J connectivity index is 1.82. The molecule has 2 heterocycles. The largest absolute Gasteiger partial charge is 0.525 e. The Hall–Kier alpha value is -2.12. The van der Waals surface area contributed by atoms with Crippen LogP contribution >= 0.6 is 0 Å². The van der Waals surface area contributed by atoms with E-state index in [1.807, 2.05) is 58.0 Å². The number of rotatable bonds is 6. The molecule has 144 valence electrons. The van der Waals surface area contributed by atoms with Crippen LogP contribution in [-0.2, 0) is 16.4 Å². The van der Waals surface area contributed by atoms with Crippen LogP contribution in [0.25, 0.3) is 5.57 Å². The van der Waals surface area contributed by atoms with E-state index in [0.29, 0.717) is 24.2 Å². The zero-order valence-corrected chi connectivity index (χ0v) is 16.5. The monoisotopic (exact) mass is 372 g/mol. The molecular weight excluding hydrogens is 346 g/mol. The van der Waals surface area contributed by atoms with Crippen molar-refractivity contribution < 1.29 is 18.4 Å². The van der Waals surface area contributed by atoms with Crippen LogP contribution in [0.1, 0.15) is 39.7 Å². The molecule has 5 nitrogen and oxygen atoms in total. The van der Waals surface area contributed by atoms with E-state index in [0.717, 1.165) is 5.75 Å². The van der Waals surface area contributed by atoms with Crippen molar-refractivity contribution >= 4 is 12.7 Å². The van der Waals surface area contributed by atoms with Crippen LogP contribution in [0.3, 0.4) is 0 Å². The van der Waals surface area contributed by atoms with Crippen LogP contribution in [0.4, 0.5) is 4.39 Å². The molecule has 27 heavy (non-hydrogen) atoms. The summed E-state index contributed by atoms with van der Waals surface area (Å²) >= 11 is 0. The van der Waals surface area contributed by atoms with Gasteiger partial charge in [0.25, 0.3) is 0 Å². The summed E-state index contributed by atoms with van der Waals surface area (Å²) in [6, 6.07) is 9.47.